The largest absolute Gasteiger partial charge is 0.452 e. The molecule has 2 heterocycles. The van der Waals surface area contributed by atoms with E-state index in [9.17, 15) is 0 Å². The third-order valence-electron chi connectivity index (χ3n) is 6.74. The number of rotatable bonds is 4. The lowest BCUT2D eigenvalue weighted by atomic mass is 9.99. The number of para-hydroxylation sites is 1. The van der Waals surface area contributed by atoms with Gasteiger partial charge in [0.25, 0.3) is 0 Å². The van der Waals surface area contributed by atoms with Gasteiger partial charge in [-0.15, -0.1) is 0 Å². The maximum Gasteiger partial charge on any atom is 0.180 e. The highest BCUT2D eigenvalue weighted by atomic mass is 16.3. The van der Waals surface area contributed by atoms with Gasteiger partial charge in [-0.3, -0.25) is 0 Å². The van der Waals surface area contributed by atoms with E-state index in [1.165, 1.54) is 16.7 Å². The number of fused-ring (bicyclic) bond motifs is 3. The normalized spacial score (nSPS) is 11.2. The SMILES string of the molecule is c1ccc(-c2ccc(-c3ccc(-c4nc(-c5ccccc5)c5oc6ccccc6c5n4)cc3)cc2)cc1. The van der Waals surface area contributed by atoms with Gasteiger partial charge in [-0.2, -0.15) is 0 Å². The smallest absolute Gasteiger partial charge is 0.180 e. The Balaban J connectivity index is 1.29. The van der Waals surface area contributed by atoms with Crippen molar-refractivity contribution in [2.24, 2.45) is 0 Å². The van der Waals surface area contributed by atoms with Gasteiger partial charge in [-0.25, -0.2) is 9.97 Å². The average Bonchev–Trinajstić information content (AvgIpc) is 3.36. The molecule has 0 aliphatic heterocycles. The van der Waals surface area contributed by atoms with Crippen molar-refractivity contribution >= 4 is 22.1 Å². The molecule has 0 spiro atoms. The van der Waals surface area contributed by atoms with Crippen LogP contribution in [0.4, 0.5) is 0 Å². The monoisotopic (exact) mass is 474 g/mol. The molecule has 0 saturated carbocycles. The fraction of sp³-hybridized carbons (Fsp3) is 0. The molecule has 0 saturated heterocycles. The van der Waals surface area contributed by atoms with Gasteiger partial charge in [0.2, 0.25) is 0 Å². The highest BCUT2D eigenvalue weighted by molar-refractivity contribution is 6.07. The Morgan fingerprint density at radius 3 is 1.51 bits per heavy atom. The molecule has 0 amide bonds. The molecule has 3 nitrogen and oxygen atoms in total. The van der Waals surface area contributed by atoms with E-state index in [2.05, 4.69) is 91.0 Å². The molecule has 0 aliphatic carbocycles. The van der Waals surface area contributed by atoms with Crippen LogP contribution in [0.15, 0.2) is 138 Å². The number of hydrogen-bond acceptors (Lipinski definition) is 3. The van der Waals surface area contributed by atoms with E-state index < -0.39 is 0 Å². The molecule has 0 aliphatic rings. The van der Waals surface area contributed by atoms with Crippen molar-refractivity contribution in [2.75, 3.05) is 0 Å². The predicted molar refractivity (Wildman–Crippen MR) is 151 cm³/mol. The van der Waals surface area contributed by atoms with Gasteiger partial charge in [-0.05, 0) is 34.4 Å². The summed E-state index contributed by atoms with van der Waals surface area (Å²) < 4.78 is 6.22. The first-order chi connectivity index (χ1) is 18.3. The van der Waals surface area contributed by atoms with Crippen molar-refractivity contribution in [3.05, 3.63) is 133 Å². The molecule has 7 rings (SSSR count). The van der Waals surface area contributed by atoms with Crippen LogP contribution in [-0.4, -0.2) is 9.97 Å². The zero-order valence-electron chi connectivity index (χ0n) is 20.0. The van der Waals surface area contributed by atoms with Gasteiger partial charge >= 0.3 is 0 Å². The molecule has 0 atom stereocenters. The van der Waals surface area contributed by atoms with Crippen molar-refractivity contribution in [1.82, 2.24) is 9.97 Å². The summed E-state index contributed by atoms with van der Waals surface area (Å²) in [6, 6.07) is 45.8. The third kappa shape index (κ3) is 3.87. The van der Waals surface area contributed by atoms with Crippen LogP contribution in [0.3, 0.4) is 0 Å². The predicted octanol–water partition coefficient (Wildman–Crippen LogP) is 9.04. The fourth-order valence-electron chi connectivity index (χ4n) is 4.81. The number of aromatic nitrogens is 2. The first-order valence-electron chi connectivity index (χ1n) is 12.3. The van der Waals surface area contributed by atoms with E-state index in [4.69, 9.17) is 14.4 Å². The van der Waals surface area contributed by atoms with Crippen LogP contribution in [0.1, 0.15) is 0 Å². The van der Waals surface area contributed by atoms with Gasteiger partial charge in [-0.1, -0.05) is 121 Å². The molecular formula is C34H22N2O. The molecule has 0 radical (unpaired) electrons. The lowest BCUT2D eigenvalue weighted by molar-refractivity contribution is 0.667. The molecule has 7 aromatic rings. The Hall–Kier alpha value is -5.02. The van der Waals surface area contributed by atoms with E-state index in [0.717, 1.165) is 38.9 Å². The summed E-state index contributed by atoms with van der Waals surface area (Å²) in [6.07, 6.45) is 0. The first kappa shape index (κ1) is 21.3. The van der Waals surface area contributed by atoms with E-state index >= 15 is 0 Å². The van der Waals surface area contributed by atoms with Crippen LogP contribution in [0.25, 0.3) is 67.0 Å². The highest BCUT2D eigenvalue weighted by Gasteiger charge is 2.17. The summed E-state index contributed by atoms with van der Waals surface area (Å²) in [7, 11) is 0. The maximum absolute atomic E-state index is 6.22. The van der Waals surface area contributed by atoms with Crippen LogP contribution in [0.2, 0.25) is 0 Å². The molecule has 5 aromatic carbocycles. The van der Waals surface area contributed by atoms with Crippen molar-refractivity contribution in [3.63, 3.8) is 0 Å². The minimum atomic E-state index is 0.684. The number of furan rings is 1. The van der Waals surface area contributed by atoms with Gasteiger partial charge in [0.1, 0.15) is 16.8 Å². The Morgan fingerprint density at radius 1 is 0.405 bits per heavy atom. The molecular weight excluding hydrogens is 452 g/mol. The van der Waals surface area contributed by atoms with Gasteiger partial charge < -0.3 is 4.42 Å². The van der Waals surface area contributed by atoms with Crippen molar-refractivity contribution in [2.45, 2.75) is 0 Å². The van der Waals surface area contributed by atoms with Crippen LogP contribution in [0.5, 0.6) is 0 Å². The molecule has 0 unspecified atom stereocenters. The Kier molecular flexibility index (Phi) is 5.11. The zero-order chi connectivity index (χ0) is 24.6. The summed E-state index contributed by atoms with van der Waals surface area (Å²) in [5.74, 6) is 0.684. The maximum atomic E-state index is 6.22. The standard InChI is InChI=1S/C34H22N2O/c1-3-9-23(10-4-1)24-15-17-25(18-16-24)26-19-21-28(22-20-26)34-35-31(27-11-5-2-6-12-27)33-32(36-34)29-13-7-8-14-30(29)37-33/h1-22H. The summed E-state index contributed by atoms with van der Waals surface area (Å²) in [4.78, 5) is 9.94. The van der Waals surface area contributed by atoms with Crippen molar-refractivity contribution in [3.8, 4) is 44.9 Å². The van der Waals surface area contributed by atoms with Gasteiger partial charge in [0, 0.05) is 16.5 Å². The molecule has 0 bridgehead atoms. The minimum absolute atomic E-state index is 0.684. The van der Waals surface area contributed by atoms with Crippen LogP contribution in [0, 0.1) is 0 Å². The van der Waals surface area contributed by atoms with Crippen molar-refractivity contribution in [1.29, 1.82) is 0 Å². The zero-order valence-corrected chi connectivity index (χ0v) is 20.0. The third-order valence-corrected chi connectivity index (χ3v) is 6.74. The molecule has 0 N–H and O–H groups in total. The second-order valence-electron chi connectivity index (χ2n) is 9.06. The molecule has 37 heavy (non-hydrogen) atoms. The minimum Gasteiger partial charge on any atom is -0.452 e. The summed E-state index contributed by atoms with van der Waals surface area (Å²) in [5.41, 5.74) is 9.90. The van der Waals surface area contributed by atoms with Crippen molar-refractivity contribution < 1.29 is 4.42 Å². The van der Waals surface area contributed by atoms with Gasteiger partial charge in [0.05, 0.1) is 0 Å². The van der Waals surface area contributed by atoms with Crippen LogP contribution >= 0.6 is 0 Å². The lowest BCUT2D eigenvalue weighted by Crippen LogP contribution is -1.94. The Labute approximate surface area is 214 Å². The number of nitrogens with zero attached hydrogens (tertiary/aromatic N) is 2. The van der Waals surface area contributed by atoms with E-state index in [-0.39, 0.29) is 0 Å². The second kappa shape index (κ2) is 8.89. The quantitative estimate of drug-likeness (QED) is 0.255. The Morgan fingerprint density at radius 2 is 0.892 bits per heavy atom. The van der Waals surface area contributed by atoms with E-state index in [0.29, 0.717) is 11.4 Å². The summed E-state index contributed by atoms with van der Waals surface area (Å²) in [6.45, 7) is 0. The van der Waals surface area contributed by atoms with E-state index in [1.54, 1.807) is 0 Å². The molecule has 0 fully saturated rings. The number of hydrogen-bond donors (Lipinski definition) is 0. The highest BCUT2D eigenvalue weighted by Crippen LogP contribution is 2.35. The first-order valence-corrected chi connectivity index (χ1v) is 12.3. The molecule has 3 heteroatoms. The van der Waals surface area contributed by atoms with E-state index in [1.807, 2.05) is 42.5 Å². The molecule has 2 aromatic heterocycles. The Bertz CT molecular complexity index is 1840. The van der Waals surface area contributed by atoms with Gasteiger partial charge in [0.15, 0.2) is 11.4 Å². The lowest BCUT2D eigenvalue weighted by Gasteiger charge is -2.08. The van der Waals surface area contributed by atoms with Crippen LogP contribution < -0.4 is 0 Å². The molecule has 174 valence electrons. The fourth-order valence-corrected chi connectivity index (χ4v) is 4.81. The topological polar surface area (TPSA) is 38.9 Å². The number of benzene rings is 5. The summed E-state index contributed by atoms with van der Waals surface area (Å²) >= 11 is 0. The summed E-state index contributed by atoms with van der Waals surface area (Å²) in [5, 5.41) is 0.994. The second-order valence-corrected chi connectivity index (χ2v) is 9.06. The average molecular weight is 475 g/mol. The van der Waals surface area contributed by atoms with Crippen LogP contribution in [-0.2, 0) is 0 Å².